The summed E-state index contributed by atoms with van der Waals surface area (Å²) >= 11 is 6.25. The minimum absolute atomic E-state index is 0.739. The lowest BCUT2D eigenvalue weighted by Crippen LogP contribution is -2.39. The Balaban J connectivity index is 1.77. The van der Waals surface area contributed by atoms with Crippen LogP contribution in [-0.2, 0) is 11.3 Å². The van der Waals surface area contributed by atoms with Gasteiger partial charge in [-0.3, -0.25) is 4.90 Å². The molecule has 1 aromatic rings. The number of likely N-dealkylation sites (tertiary alicyclic amines) is 1. The first kappa shape index (κ1) is 15.8. The first-order valence-electron chi connectivity index (χ1n) is 7.45. The molecule has 1 unspecified atom stereocenters. The molecule has 1 aliphatic rings. The highest BCUT2D eigenvalue weighted by atomic mass is 35.5. The van der Waals surface area contributed by atoms with Crippen molar-refractivity contribution >= 4 is 11.6 Å². The topological polar surface area (TPSA) is 24.5 Å². The van der Waals surface area contributed by atoms with Gasteiger partial charge in [0.15, 0.2) is 0 Å². The molecule has 112 valence electrons. The molecule has 1 aromatic carbocycles. The normalized spacial score (nSPS) is 20.2. The van der Waals surface area contributed by atoms with Crippen LogP contribution in [0.1, 0.15) is 18.4 Å². The highest BCUT2D eigenvalue weighted by molar-refractivity contribution is 6.31. The molecule has 3 nitrogen and oxygen atoms in total. The molecule has 1 N–H and O–H groups in total. The summed E-state index contributed by atoms with van der Waals surface area (Å²) in [6.45, 7) is 6.12. The standard InChI is InChI=1S/C16H25ClN2O/c1-20-10-8-18-11-14-5-4-9-19(12-14)13-15-6-2-3-7-16(15)17/h2-3,6-7,14,18H,4-5,8-13H2,1H3. The first-order valence-corrected chi connectivity index (χ1v) is 7.83. The van der Waals surface area contributed by atoms with Crippen LogP contribution < -0.4 is 5.32 Å². The van der Waals surface area contributed by atoms with Crippen LogP contribution in [0.4, 0.5) is 0 Å². The highest BCUT2D eigenvalue weighted by Gasteiger charge is 2.20. The fourth-order valence-electron chi connectivity index (χ4n) is 2.81. The van der Waals surface area contributed by atoms with Crippen LogP contribution in [0.2, 0.25) is 5.02 Å². The number of methoxy groups -OCH3 is 1. The Labute approximate surface area is 127 Å². The Morgan fingerprint density at radius 3 is 3.05 bits per heavy atom. The van der Waals surface area contributed by atoms with Gasteiger partial charge in [0, 0.05) is 31.8 Å². The number of rotatable bonds is 7. The lowest BCUT2D eigenvalue weighted by atomic mass is 9.97. The van der Waals surface area contributed by atoms with E-state index < -0.39 is 0 Å². The lowest BCUT2D eigenvalue weighted by Gasteiger charge is -2.33. The van der Waals surface area contributed by atoms with E-state index in [-0.39, 0.29) is 0 Å². The molecule has 0 amide bonds. The molecule has 4 heteroatoms. The highest BCUT2D eigenvalue weighted by Crippen LogP contribution is 2.21. The van der Waals surface area contributed by atoms with Crippen molar-refractivity contribution in [2.45, 2.75) is 19.4 Å². The van der Waals surface area contributed by atoms with E-state index in [0.29, 0.717) is 0 Å². The maximum atomic E-state index is 6.25. The number of benzene rings is 1. The molecular weight excluding hydrogens is 272 g/mol. The monoisotopic (exact) mass is 296 g/mol. The largest absolute Gasteiger partial charge is 0.383 e. The maximum absolute atomic E-state index is 6.25. The van der Waals surface area contributed by atoms with E-state index in [9.17, 15) is 0 Å². The van der Waals surface area contributed by atoms with Gasteiger partial charge >= 0.3 is 0 Å². The predicted octanol–water partition coefficient (Wildman–Crippen LogP) is 2.79. The van der Waals surface area contributed by atoms with E-state index >= 15 is 0 Å². The Morgan fingerprint density at radius 2 is 2.25 bits per heavy atom. The molecule has 1 heterocycles. The molecule has 0 bridgehead atoms. The van der Waals surface area contributed by atoms with Crippen molar-refractivity contribution < 1.29 is 4.74 Å². The SMILES string of the molecule is COCCNCC1CCCN(Cc2ccccc2Cl)C1. The van der Waals surface area contributed by atoms with Crippen molar-refractivity contribution in [1.29, 1.82) is 0 Å². The van der Waals surface area contributed by atoms with E-state index in [1.165, 1.54) is 24.9 Å². The third-order valence-corrected chi connectivity index (χ3v) is 4.24. The lowest BCUT2D eigenvalue weighted by molar-refractivity contribution is 0.159. The molecule has 2 rings (SSSR count). The number of hydrogen-bond donors (Lipinski definition) is 1. The maximum Gasteiger partial charge on any atom is 0.0587 e. The van der Waals surface area contributed by atoms with Crippen molar-refractivity contribution in [3.8, 4) is 0 Å². The zero-order chi connectivity index (χ0) is 14.2. The summed E-state index contributed by atoms with van der Waals surface area (Å²) in [4.78, 5) is 2.52. The fourth-order valence-corrected chi connectivity index (χ4v) is 3.00. The van der Waals surface area contributed by atoms with Gasteiger partial charge in [0.05, 0.1) is 6.61 Å². The molecule has 1 aliphatic heterocycles. The van der Waals surface area contributed by atoms with Crippen molar-refractivity contribution in [2.24, 2.45) is 5.92 Å². The van der Waals surface area contributed by atoms with Gasteiger partial charge in [-0.2, -0.15) is 0 Å². The quantitative estimate of drug-likeness (QED) is 0.783. The van der Waals surface area contributed by atoms with Gasteiger partial charge in [-0.25, -0.2) is 0 Å². The molecule has 0 spiro atoms. The summed E-state index contributed by atoms with van der Waals surface area (Å²) < 4.78 is 5.06. The number of nitrogens with one attached hydrogen (secondary N) is 1. The third kappa shape index (κ3) is 5.06. The molecule has 1 fully saturated rings. The van der Waals surface area contributed by atoms with Crippen LogP contribution in [0.15, 0.2) is 24.3 Å². The number of hydrogen-bond acceptors (Lipinski definition) is 3. The minimum Gasteiger partial charge on any atom is -0.383 e. The van der Waals surface area contributed by atoms with Gasteiger partial charge in [-0.15, -0.1) is 0 Å². The fraction of sp³-hybridized carbons (Fsp3) is 0.625. The second-order valence-electron chi connectivity index (χ2n) is 5.53. The summed E-state index contributed by atoms with van der Waals surface area (Å²) in [6, 6.07) is 8.16. The Kier molecular flexibility index (Phi) is 6.80. The van der Waals surface area contributed by atoms with Gasteiger partial charge in [0.25, 0.3) is 0 Å². The molecule has 0 radical (unpaired) electrons. The summed E-state index contributed by atoms with van der Waals surface area (Å²) in [5.74, 6) is 0.739. The molecule has 0 aliphatic carbocycles. The van der Waals surface area contributed by atoms with E-state index in [0.717, 1.165) is 43.7 Å². The average Bonchev–Trinajstić information content (AvgIpc) is 2.47. The van der Waals surface area contributed by atoms with E-state index in [1.54, 1.807) is 7.11 Å². The Hall–Kier alpha value is -0.610. The van der Waals surface area contributed by atoms with Gasteiger partial charge in [0.1, 0.15) is 0 Å². The number of halogens is 1. The van der Waals surface area contributed by atoms with Crippen molar-refractivity contribution in [2.75, 3.05) is 39.9 Å². The number of nitrogens with zero attached hydrogens (tertiary/aromatic N) is 1. The molecule has 0 saturated carbocycles. The van der Waals surface area contributed by atoms with Gasteiger partial charge in [-0.1, -0.05) is 29.8 Å². The van der Waals surface area contributed by atoms with Crippen LogP contribution in [0.3, 0.4) is 0 Å². The van der Waals surface area contributed by atoms with Gasteiger partial charge in [-0.05, 0) is 43.5 Å². The second kappa shape index (κ2) is 8.63. The van der Waals surface area contributed by atoms with E-state index in [2.05, 4.69) is 22.3 Å². The van der Waals surface area contributed by atoms with Crippen molar-refractivity contribution in [1.82, 2.24) is 10.2 Å². The zero-order valence-corrected chi connectivity index (χ0v) is 13.0. The predicted molar refractivity (Wildman–Crippen MR) is 84.2 cm³/mol. The van der Waals surface area contributed by atoms with Crippen molar-refractivity contribution in [3.63, 3.8) is 0 Å². The summed E-state index contributed by atoms with van der Waals surface area (Å²) in [6.07, 6.45) is 2.60. The molecule has 1 saturated heterocycles. The van der Waals surface area contributed by atoms with Gasteiger partial charge < -0.3 is 10.1 Å². The van der Waals surface area contributed by atoms with E-state index in [1.807, 2.05) is 12.1 Å². The zero-order valence-electron chi connectivity index (χ0n) is 12.3. The third-order valence-electron chi connectivity index (χ3n) is 3.87. The minimum atomic E-state index is 0.739. The Bertz CT molecular complexity index is 400. The first-order chi connectivity index (χ1) is 9.79. The molecule has 0 aromatic heterocycles. The number of ether oxygens (including phenoxy) is 1. The number of piperidine rings is 1. The van der Waals surface area contributed by atoms with Crippen LogP contribution in [0.25, 0.3) is 0 Å². The summed E-state index contributed by atoms with van der Waals surface area (Å²) in [5, 5.41) is 4.36. The van der Waals surface area contributed by atoms with E-state index in [4.69, 9.17) is 16.3 Å². The second-order valence-corrected chi connectivity index (χ2v) is 5.94. The van der Waals surface area contributed by atoms with Crippen molar-refractivity contribution in [3.05, 3.63) is 34.9 Å². The Morgan fingerprint density at radius 1 is 1.40 bits per heavy atom. The average molecular weight is 297 g/mol. The molecule has 20 heavy (non-hydrogen) atoms. The van der Waals surface area contributed by atoms with Crippen LogP contribution in [0.5, 0.6) is 0 Å². The van der Waals surface area contributed by atoms with Crippen LogP contribution in [-0.4, -0.2) is 44.8 Å². The van der Waals surface area contributed by atoms with Crippen LogP contribution >= 0.6 is 11.6 Å². The van der Waals surface area contributed by atoms with Gasteiger partial charge in [0.2, 0.25) is 0 Å². The summed E-state index contributed by atoms with van der Waals surface area (Å²) in [5.41, 5.74) is 1.24. The van der Waals surface area contributed by atoms with Crippen LogP contribution in [0, 0.1) is 5.92 Å². The molecule has 1 atom stereocenters. The summed E-state index contributed by atoms with van der Waals surface area (Å²) in [7, 11) is 1.74. The molecular formula is C16H25ClN2O. The smallest absolute Gasteiger partial charge is 0.0587 e.